The topological polar surface area (TPSA) is 23.0 Å². The summed E-state index contributed by atoms with van der Waals surface area (Å²) in [7, 11) is 2.35. The molecular weight excluding hydrogens is 597 g/mol. The van der Waals surface area contributed by atoms with Gasteiger partial charge in [-0.25, -0.2) is 4.58 Å². The molecule has 49 heavy (non-hydrogen) atoms. The molecular formula is C45H58N4+2. The maximum absolute atomic E-state index is 4.80. The molecule has 4 aliphatic rings. The maximum Gasteiger partial charge on any atom is 0.250 e. The lowest BCUT2D eigenvalue weighted by atomic mass is 9.61. The van der Waals surface area contributed by atoms with Crippen LogP contribution in [0.5, 0.6) is 0 Å². The highest BCUT2D eigenvalue weighted by Crippen LogP contribution is 2.58. The minimum atomic E-state index is -0.377. The summed E-state index contributed by atoms with van der Waals surface area (Å²) in [6, 6.07) is 15.5. The van der Waals surface area contributed by atoms with E-state index in [-0.39, 0.29) is 16.5 Å². The Morgan fingerprint density at radius 3 is 2.27 bits per heavy atom. The van der Waals surface area contributed by atoms with Crippen molar-refractivity contribution in [2.75, 3.05) is 7.05 Å². The van der Waals surface area contributed by atoms with E-state index in [0.29, 0.717) is 12.1 Å². The first-order valence-electron chi connectivity index (χ1n) is 19.3. The highest BCUT2D eigenvalue weighted by molar-refractivity contribution is 6.04. The number of aromatic nitrogens is 2. The van der Waals surface area contributed by atoms with Gasteiger partial charge in [0.25, 0.3) is 5.66 Å². The fourth-order valence-electron chi connectivity index (χ4n) is 10.8. The zero-order chi connectivity index (χ0) is 34.5. The molecule has 0 saturated heterocycles. The van der Waals surface area contributed by atoms with Crippen molar-refractivity contribution < 1.29 is 9.14 Å². The molecule has 0 amide bonds. The summed E-state index contributed by atoms with van der Waals surface area (Å²) in [5.41, 5.74) is 11.8. The lowest BCUT2D eigenvalue weighted by molar-refractivity contribution is -0.767. The normalized spacial score (nSPS) is 23.9. The number of hydrogen-bond acceptors (Lipinski definition) is 2. The van der Waals surface area contributed by atoms with Gasteiger partial charge in [-0.1, -0.05) is 63.8 Å². The Morgan fingerprint density at radius 1 is 0.857 bits per heavy atom. The molecule has 2 saturated carbocycles. The predicted molar refractivity (Wildman–Crippen MR) is 205 cm³/mol. The second-order valence-electron chi connectivity index (χ2n) is 17.3. The van der Waals surface area contributed by atoms with E-state index in [1.807, 2.05) is 0 Å². The second-order valence-corrected chi connectivity index (χ2v) is 17.3. The maximum atomic E-state index is 4.80. The standard InChI is InChI=1S/C45H58N4/c1-29-17-16-22-39-35(29)26-37-42-41-36(24-23-32-27-46-28-38(40(32)41)43(37,4)5)44(6,7)45(8,49(39)42)48(34-20-14-11-15-21-34)31(3)25-30(2)47(9)33-18-12-10-13-19-33/h16-17,22-28,33-34H,10-15,18-21H2,1-9H3/q+2/t45-/m0/s1. The van der Waals surface area contributed by atoms with Gasteiger partial charge in [0.15, 0.2) is 11.8 Å². The summed E-state index contributed by atoms with van der Waals surface area (Å²) in [6.07, 6.45) is 20.0. The molecule has 8 rings (SSSR count). The van der Waals surface area contributed by atoms with Gasteiger partial charge in [-0.05, 0) is 76.1 Å². The molecule has 2 aromatic carbocycles. The second kappa shape index (κ2) is 11.5. The zero-order valence-electron chi connectivity index (χ0n) is 31.7. The molecule has 1 aliphatic heterocycles. The monoisotopic (exact) mass is 654 g/mol. The summed E-state index contributed by atoms with van der Waals surface area (Å²) < 4.78 is 5.45. The van der Waals surface area contributed by atoms with Gasteiger partial charge in [-0.15, -0.1) is 0 Å². The molecule has 0 N–H and O–H groups in total. The number of allylic oxidation sites excluding steroid dienone is 2. The Kier molecular flexibility index (Phi) is 7.67. The fourth-order valence-corrected chi connectivity index (χ4v) is 10.8. The van der Waals surface area contributed by atoms with E-state index in [0.717, 1.165) is 0 Å². The Labute approximate surface area is 295 Å². The molecule has 2 aromatic heterocycles. The van der Waals surface area contributed by atoms with Crippen LogP contribution in [0.15, 0.2) is 60.6 Å². The fraction of sp³-hybridized carbons (Fsp3) is 0.533. The van der Waals surface area contributed by atoms with Gasteiger partial charge in [-0.3, -0.25) is 4.98 Å². The first kappa shape index (κ1) is 32.7. The van der Waals surface area contributed by atoms with Crippen molar-refractivity contribution in [3.05, 3.63) is 82.8 Å². The Bertz CT molecular complexity index is 2050. The largest absolute Gasteiger partial charge is 0.312 e. The van der Waals surface area contributed by atoms with Gasteiger partial charge >= 0.3 is 0 Å². The van der Waals surface area contributed by atoms with Crippen LogP contribution >= 0.6 is 0 Å². The summed E-state index contributed by atoms with van der Waals surface area (Å²) >= 11 is 0. The average Bonchev–Trinajstić information content (AvgIpc) is 3.09. The Morgan fingerprint density at radius 2 is 1.55 bits per heavy atom. The summed E-state index contributed by atoms with van der Waals surface area (Å²) in [5.74, 6) is 0. The van der Waals surface area contributed by atoms with E-state index < -0.39 is 0 Å². The number of aryl methyl sites for hydroxylation is 1. The highest BCUT2D eigenvalue weighted by Gasteiger charge is 2.63. The smallest absolute Gasteiger partial charge is 0.250 e. The van der Waals surface area contributed by atoms with Crippen LogP contribution in [-0.4, -0.2) is 39.3 Å². The van der Waals surface area contributed by atoms with E-state index >= 15 is 0 Å². The van der Waals surface area contributed by atoms with Crippen molar-refractivity contribution >= 4 is 27.4 Å². The van der Waals surface area contributed by atoms with E-state index in [1.165, 1.54) is 131 Å². The first-order chi connectivity index (χ1) is 23.4. The van der Waals surface area contributed by atoms with Crippen molar-refractivity contribution in [2.45, 2.75) is 148 Å². The van der Waals surface area contributed by atoms with Crippen LogP contribution in [0.3, 0.4) is 0 Å². The predicted octanol–water partition coefficient (Wildman–Crippen LogP) is 10.2. The number of pyridine rings is 2. The van der Waals surface area contributed by atoms with Crippen LogP contribution in [0.25, 0.3) is 32.9 Å². The van der Waals surface area contributed by atoms with Gasteiger partial charge in [0.05, 0.1) is 11.0 Å². The minimum absolute atomic E-state index is 0.193. The van der Waals surface area contributed by atoms with E-state index in [1.54, 1.807) is 0 Å². The Balaban J connectivity index is 1.48. The van der Waals surface area contributed by atoms with Crippen molar-refractivity contribution in [3.8, 4) is 11.3 Å². The van der Waals surface area contributed by atoms with Gasteiger partial charge in [0.2, 0.25) is 11.2 Å². The van der Waals surface area contributed by atoms with Gasteiger partial charge in [0, 0.05) is 90.1 Å². The molecule has 256 valence electrons. The third-order valence-electron chi connectivity index (χ3n) is 14.0. The number of fused-ring (bicyclic) bond motifs is 2. The third-order valence-corrected chi connectivity index (χ3v) is 14.0. The molecule has 0 spiro atoms. The van der Waals surface area contributed by atoms with Gasteiger partial charge < -0.3 is 4.90 Å². The highest BCUT2D eigenvalue weighted by atomic mass is 15.4. The minimum Gasteiger partial charge on any atom is -0.312 e. The molecule has 4 heteroatoms. The first-order valence-corrected chi connectivity index (χ1v) is 19.3. The van der Waals surface area contributed by atoms with Crippen LogP contribution in [0, 0.1) is 6.92 Å². The van der Waals surface area contributed by atoms with Crippen LogP contribution in [0.1, 0.15) is 135 Å². The zero-order valence-corrected chi connectivity index (χ0v) is 31.7. The van der Waals surface area contributed by atoms with E-state index in [9.17, 15) is 0 Å². The number of benzene rings is 2. The van der Waals surface area contributed by atoms with Crippen molar-refractivity contribution in [2.24, 2.45) is 0 Å². The van der Waals surface area contributed by atoms with Gasteiger partial charge in [0.1, 0.15) is 7.05 Å². The van der Waals surface area contributed by atoms with Crippen molar-refractivity contribution in [1.82, 2.24) is 9.88 Å². The number of nitrogens with zero attached hydrogens (tertiary/aromatic N) is 4. The molecule has 2 fully saturated rings. The summed E-state index contributed by atoms with van der Waals surface area (Å²) in [5, 5.41) is 4.02. The molecule has 3 aliphatic carbocycles. The van der Waals surface area contributed by atoms with Crippen LogP contribution in [0.2, 0.25) is 0 Å². The molecule has 3 heterocycles. The third kappa shape index (κ3) is 4.57. The van der Waals surface area contributed by atoms with Crippen LogP contribution in [-0.2, 0) is 16.5 Å². The van der Waals surface area contributed by atoms with Crippen molar-refractivity contribution in [3.63, 3.8) is 0 Å². The SMILES string of the molecule is CC(=CC(C)=[N+](C)C1CCCCC1)N(C1CCCCC1)[C@@]1(C)[n+]2c3c(cc4c(C)cccc42)C(C)(C)c2cncc4ccc(c-3c24)C1(C)C. The molecule has 0 unspecified atom stereocenters. The quantitative estimate of drug-likeness (QED) is 0.158. The molecule has 1 atom stereocenters. The molecule has 4 nitrogen and oxygen atoms in total. The summed E-state index contributed by atoms with van der Waals surface area (Å²) in [4.78, 5) is 7.74. The van der Waals surface area contributed by atoms with E-state index in [4.69, 9.17) is 4.98 Å². The summed E-state index contributed by atoms with van der Waals surface area (Å²) in [6.45, 7) is 19.6. The molecule has 0 radical (unpaired) electrons. The van der Waals surface area contributed by atoms with Crippen LogP contribution in [0.4, 0.5) is 0 Å². The lowest BCUT2D eigenvalue weighted by Gasteiger charge is -2.55. The number of hydrogen-bond donors (Lipinski definition) is 0. The van der Waals surface area contributed by atoms with Crippen molar-refractivity contribution in [1.29, 1.82) is 0 Å². The average molecular weight is 655 g/mol. The lowest BCUT2D eigenvalue weighted by Crippen LogP contribution is -2.76. The molecule has 4 aromatic rings. The molecule has 0 bridgehead atoms. The number of rotatable bonds is 5. The van der Waals surface area contributed by atoms with Crippen LogP contribution < -0.4 is 4.57 Å². The van der Waals surface area contributed by atoms with E-state index in [2.05, 4.69) is 131 Å². The van der Waals surface area contributed by atoms with Gasteiger partial charge in [-0.2, -0.15) is 4.57 Å². The Hall–Kier alpha value is -3.53.